The van der Waals surface area contributed by atoms with Gasteiger partial charge in [-0.15, -0.1) is 0 Å². The highest BCUT2D eigenvalue weighted by Gasteiger charge is 2.32. The molecule has 38 heavy (non-hydrogen) atoms. The lowest BCUT2D eigenvalue weighted by molar-refractivity contribution is -0.115. The number of aryl methyl sites for hydroxylation is 1. The number of carbonyl (C=O) groups is 2. The van der Waals surface area contributed by atoms with Gasteiger partial charge in [-0.05, 0) is 60.4 Å². The average Bonchev–Trinajstić information content (AvgIpc) is 2.92. The Morgan fingerprint density at radius 2 is 1.68 bits per heavy atom. The number of ether oxygens (including phenoxy) is 1. The van der Waals surface area contributed by atoms with Crippen LogP contribution in [0.2, 0.25) is 0 Å². The highest BCUT2D eigenvalue weighted by Crippen LogP contribution is 2.35. The number of hydrogen-bond acceptors (Lipinski definition) is 7. The first kappa shape index (κ1) is 27.3. The van der Waals surface area contributed by atoms with Crippen LogP contribution in [0.15, 0.2) is 76.5 Å². The van der Waals surface area contributed by atoms with Gasteiger partial charge in [-0.1, -0.05) is 37.3 Å². The van der Waals surface area contributed by atoms with Crippen molar-refractivity contribution in [1.29, 1.82) is 0 Å². The van der Waals surface area contributed by atoms with Gasteiger partial charge < -0.3 is 10.1 Å². The van der Waals surface area contributed by atoms with Crippen molar-refractivity contribution in [3.05, 3.63) is 83.4 Å². The van der Waals surface area contributed by atoms with E-state index in [1.807, 2.05) is 0 Å². The number of fused-ring (bicyclic) bond motifs is 1. The van der Waals surface area contributed by atoms with Gasteiger partial charge in [-0.3, -0.25) is 9.10 Å². The maximum absolute atomic E-state index is 13.7. The lowest BCUT2D eigenvalue weighted by atomic mass is 10.0. The Morgan fingerprint density at radius 1 is 0.974 bits per heavy atom. The van der Waals surface area contributed by atoms with Crippen molar-refractivity contribution < 1.29 is 31.2 Å². The molecule has 0 aliphatic carbocycles. The summed E-state index contributed by atoms with van der Waals surface area (Å²) in [5, 5.41) is 2.79. The number of benzene rings is 3. The smallest absolute Gasteiger partial charge is 0.339 e. The minimum atomic E-state index is -4.10. The van der Waals surface area contributed by atoms with E-state index in [-0.39, 0.29) is 40.0 Å². The lowest BCUT2D eigenvalue weighted by Crippen LogP contribution is -2.36. The number of carbonyl (C=O) groups excluding carboxylic acids is 2. The number of hydrogen-bond donors (Lipinski definition) is 1. The molecule has 1 heterocycles. The van der Waals surface area contributed by atoms with Gasteiger partial charge in [0.05, 0.1) is 35.4 Å². The van der Waals surface area contributed by atoms with Crippen LogP contribution in [0.5, 0.6) is 0 Å². The maximum atomic E-state index is 13.7. The molecule has 0 saturated carbocycles. The first-order valence-electron chi connectivity index (χ1n) is 12.0. The summed E-state index contributed by atoms with van der Waals surface area (Å²) < 4.78 is 57.4. The third kappa shape index (κ3) is 5.58. The number of nitrogens with one attached hydrogen (secondary N) is 1. The number of sulfone groups is 1. The van der Waals surface area contributed by atoms with Crippen LogP contribution >= 0.6 is 0 Å². The summed E-state index contributed by atoms with van der Waals surface area (Å²) >= 11 is 0. The van der Waals surface area contributed by atoms with E-state index in [0.29, 0.717) is 29.8 Å². The van der Waals surface area contributed by atoms with E-state index in [4.69, 9.17) is 4.74 Å². The first-order chi connectivity index (χ1) is 18.1. The first-order valence-corrected chi connectivity index (χ1v) is 15.1. The summed E-state index contributed by atoms with van der Waals surface area (Å²) in [5.41, 5.74) is 2.25. The molecular formula is C27H28N2O7S2. The van der Waals surface area contributed by atoms with Crippen LogP contribution in [0, 0.1) is 0 Å². The van der Waals surface area contributed by atoms with Crippen LogP contribution in [0.25, 0.3) is 0 Å². The molecule has 4 rings (SSSR count). The topological polar surface area (TPSA) is 127 Å². The van der Waals surface area contributed by atoms with E-state index in [1.165, 1.54) is 35.7 Å². The molecule has 0 atom stereocenters. The molecule has 1 amide bonds. The number of esters is 1. The molecule has 11 heteroatoms. The summed E-state index contributed by atoms with van der Waals surface area (Å²) in [4.78, 5) is 25.0. The third-order valence-electron chi connectivity index (χ3n) is 6.33. The van der Waals surface area contributed by atoms with Crippen molar-refractivity contribution in [2.45, 2.75) is 36.0 Å². The van der Waals surface area contributed by atoms with Crippen molar-refractivity contribution in [2.75, 3.05) is 29.0 Å². The second kappa shape index (κ2) is 11.0. The molecule has 9 nitrogen and oxygen atoms in total. The van der Waals surface area contributed by atoms with Gasteiger partial charge in [0.25, 0.3) is 10.0 Å². The molecule has 0 radical (unpaired) electrons. The van der Waals surface area contributed by atoms with Gasteiger partial charge in [-0.25, -0.2) is 21.6 Å². The van der Waals surface area contributed by atoms with E-state index >= 15 is 0 Å². The van der Waals surface area contributed by atoms with Crippen LogP contribution in [0.3, 0.4) is 0 Å². The number of anilines is 2. The molecule has 0 bridgehead atoms. The summed E-state index contributed by atoms with van der Waals surface area (Å²) in [5.74, 6) is -1.09. The molecule has 0 unspecified atom stereocenters. The number of sulfonamides is 1. The Morgan fingerprint density at radius 3 is 2.37 bits per heavy atom. The number of methoxy groups -OCH3 is 1. The second-order valence-corrected chi connectivity index (χ2v) is 12.9. The lowest BCUT2D eigenvalue weighted by Gasteiger charge is -2.31. The summed E-state index contributed by atoms with van der Waals surface area (Å²) in [6, 6.07) is 17.2. The Labute approximate surface area is 222 Å². The second-order valence-electron chi connectivity index (χ2n) is 8.78. The van der Waals surface area contributed by atoms with Crippen molar-refractivity contribution in [3.8, 4) is 0 Å². The van der Waals surface area contributed by atoms with E-state index in [2.05, 4.69) is 5.32 Å². The molecule has 0 fully saturated rings. The monoisotopic (exact) mass is 556 g/mol. The molecule has 1 N–H and O–H groups in total. The van der Waals surface area contributed by atoms with Crippen LogP contribution < -0.4 is 9.62 Å². The fraction of sp³-hybridized carbons (Fsp3) is 0.259. The molecule has 0 spiro atoms. The fourth-order valence-corrected chi connectivity index (χ4v) is 6.93. The largest absolute Gasteiger partial charge is 0.465 e. The summed E-state index contributed by atoms with van der Waals surface area (Å²) in [7, 11) is -6.24. The number of rotatable bonds is 8. The zero-order valence-corrected chi connectivity index (χ0v) is 22.6. The van der Waals surface area contributed by atoms with Crippen LogP contribution in [0.4, 0.5) is 11.4 Å². The zero-order valence-electron chi connectivity index (χ0n) is 21.0. The van der Waals surface area contributed by atoms with Crippen molar-refractivity contribution in [2.24, 2.45) is 0 Å². The Balaban J connectivity index is 1.57. The van der Waals surface area contributed by atoms with Crippen LogP contribution in [-0.2, 0) is 42.2 Å². The van der Waals surface area contributed by atoms with Gasteiger partial charge in [0, 0.05) is 12.2 Å². The quantitative estimate of drug-likeness (QED) is 0.420. The molecule has 0 saturated heterocycles. The number of nitrogens with zero attached hydrogens (tertiary/aromatic N) is 1. The standard InChI is InChI=1S/C27H28N2O7S2/c1-3-37(32,33)22-14-10-19(11-15-22)17-26(30)28-21-13-12-20-7-6-16-29(24(20)18-21)38(34,35)25-9-5-4-8-23(25)27(31)36-2/h4-5,8-15,18H,3,6-7,16-17H2,1-2H3,(H,28,30). The predicted molar refractivity (Wildman–Crippen MR) is 144 cm³/mol. The Bertz CT molecular complexity index is 1580. The maximum Gasteiger partial charge on any atom is 0.339 e. The molecular weight excluding hydrogens is 528 g/mol. The SMILES string of the molecule is CCS(=O)(=O)c1ccc(CC(=O)Nc2ccc3c(c2)N(S(=O)(=O)c2ccccc2C(=O)OC)CCC3)cc1. The van der Waals surface area contributed by atoms with E-state index in [0.717, 1.165) is 5.56 Å². The van der Waals surface area contributed by atoms with Gasteiger partial charge in [0.1, 0.15) is 4.90 Å². The minimum Gasteiger partial charge on any atom is -0.465 e. The van der Waals surface area contributed by atoms with Crippen molar-refractivity contribution in [1.82, 2.24) is 0 Å². The van der Waals surface area contributed by atoms with Gasteiger partial charge in [0.2, 0.25) is 5.91 Å². The van der Waals surface area contributed by atoms with Gasteiger partial charge >= 0.3 is 5.97 Å². The van der Waals surface area contributed by atoms with E-state index < -0.39 is 25.8 Å². The van der Waals surface area contributed by atoms with Gasteiger partial charge in [0.15, 0.2) is 9.84 Å². The van der Waals surface area contributed by atoms with Crippen LogP contribution in [-0.4, -0.2) is 48.1 Å². The molecule has 0 aromatic heterocycles. The van der Waals surface area contributed by atoms with Crippen molar-refractivity contribution in [3.63, 3.8) is 0 Å². The van der Waals surface area contributed by atoms with E-state index in [9.17, 15) is 26.4 Å². The Kier molecular flexibility index (Phi) is 7.89. The minimum absolute atomic E-state index is 0.00776. The van der Waals surface area contributed by atoms with E-state index in [1.54, 1.807) is 49.4 Å². The fourth-order valence-electron chi connectivity index (χ4n) is 4.33. The van der Waals surface area contributed by atoms with Crippen molar-refractivity contribution >= 4 is 43.1 Å². The average molecular weight is 557 g/mol. The van der Waals surface area contributed by atoms with Gasteiger partial charge in [-0.2, -0.15) is 0 Å². The molecule has 3 aromatic rings. The predicted octanol–water partition coefficient (Wildman–Crippen LogP) is 3.59. The van der Waals surface area contributed by atoms with Crippen LogP contribution in [0.1, 0.15) is 34.8 Å². The summed E-state index contributed by atoms with van der Waals surface area (Å²) in [6.07, 6.45) is 1.28. The summed E-state index contributed by atoms with van der Waals surface area (Å²) in [6.45, 7) is 1.79. The zero-order chi connectivity index (χ0) is 27.5. The molecule has 200 valence electrons. The number of amides is 1. The Hall–Kier alpha value is -3.70. The molecule has 1 aliphatic rings. The molecule has 3 aromatic carbocycles. The molecule has 1 aliphatic heterocycles. The normalized spacial score (nSPS) is 13.5. The highest BCUT2D eigenvalue weighted by molar-refractivity contribution is 7.93. The highest BCUT2D eigenvalue weighted by atomic mass is 32.2. The third-order valence-corrected chi connectivity index (χ3v) is 9.95.